The second kappa shape index (κ2) is 8.29. The molecule has 170 valence electrons. The van der Waals surface area contributed by atoms with Crippen LogP contribution in [0.15, 0.2) is 114 Å². The van der Waals surface area contributed by atoms with E-state index >= 15 is 0 Å². The summed E-state index contributed by atoms with van der Waals surface area (Å²) in [6.07, 6.45) is 0. The van der Waals surface area contributed by atoms with Crippen LogP contribution in [0.3, 0.4) is 0 Å². The molecule has 36 heavy (non-hydrogen) atoms. The summed E-state index contributed by atoms with van der Waals surface area (Å²) in [5, 5.41) is 4.64. The Bertz CT molecular complexity index is 1910. The Hall–Kier alpha value is -4.54. The lowest BCUT2D eigenvalue weighted by Gasteiger charge is -2.09. The van der Waals surface area contributed by atoms with Crippen LogP contribution in [0.25, 0.3) is 66.6 Å². The molecule has 0 saturated heterocycles. The maximum atomic E-state index is 6.29. The summed E-state index contributed by atoms with van der Waals surface area (Å²) in [5.41, 5.74) is 5.81. The number of hydrogen-bond acceptors (Lipinski definition) is 4. The standard InChI is InChI=1S/C31H18ClN3O/c32-31-34-29(20-7-2-1-3-8-20)33-30(35-31)22-16-14-19-13-15-21(17-23(19)18-22)24-10-6-12-27-28(24)25-9-4-5-11-26(25)36-27/h1-18H. The van der Waals surface area contributed by atoms with E-state index in [0.29, 0.717) is 11.6 Å². The Labute approximate surface area is 211 Å². The first kappa shape index (κ1) is 20.8. The Morgan fingerprint density at radius 2 is 1.22 bits per heavy atom. The minimum Gasteiger partial charge on any atom is -0.456 e. The lowest BCUT2D eigenvalue weighted by atomic mass is 9.96. The minimum absolute atomic E-state index is 0.172. The number of aromatic nitrogens is 3. The molecule has 5 aromatic carbocycles. The fourth-order valence-electron chi connectivity index (χ4n) is 4.76. The Kier molecular flexibility index (Phi) is 4.79. The lowest BCUT2D eigenvalue weighted by Crippen LogP contribution is -1.97. The van der Waals surface area contributed by atoms with Crippen LogP contribution in [0.5, 0.6) is 0 Å². The average Bonchev–Trinajstić information content (AvgIpc) is 3.31. The van der Waals surface area contributed by atoms with E-state index < -0.39 is 0 Å². The van der Waals surface area contributed by atoms with Gasteiger partial charge in [0, 0.05) is 21.9 Å². The van der Waals surface area contributed by atoms with Gasteiger partial charge in [-0.05, 0) is 57.8 Å². The molecule has 0 aliphatic carbocycles. The summed E-state index contributed by atoms with van der Waals surface area (Å²) in [5.74, 6) is 1.10. The summed E-state index contributed by atoms with van der Waals surface area (Å²) >= 11 is 6.29. The molecule has 7 aromatic rings. The molecule has 0 fully saturated rings. The number of para-hydroxylation sites is 1. The molecule has 2 aromatic heterocycles. The van der Waals surface area contributed by atoms with E-state index in [2.05, 4.69) is 52.4 Å². The zero-order valence-corrected chi connectivity index (χ0v) is 19.8. The number of halogens is 1. The molecular formula is C31H18ClN3O. The third-order valence-corrected chi connectivity index (χ3v) is 6.62. The molecular weight excluding hydrogens is 466 g/mol. The summed E-state index contributed by atoms with van der Waals surface area (Å²) < 4.78 is 6.10. The maximum Gasteiger partial charge on any atom is 0.226 e. The van der Waals surface area contributed by atoms with E-state index in [1.165, 1.54) is 0 Å². The van der Waals surface area contributed by atoms with Gasteiger partial charge in [0.15, 0.2) is 11.6 Å². The van der Waals surface area contributed by atoms with Gasteiger partial charge in [-0.15, -0.1) is 0 Å². The maximum absolute atomic E-state index is 6.29. The molecule has 0 spiro atoms. The first-order valence-corrected chi connectivity index (χ1v) is 12.0. The first-order chi connectivity index (χ1) is 17.7. The van der Waals surface area contributed by atoms with Crippen LogP contribution in [-0.4, -0.2) is 15.0 Å². The number of benzene rings is 5. The Balaban J connectivity index is 1.37. The van der Waals surface area contributed by atoms with Crippen molar-refractivity contribution in [2.45, 2.75) is 0 Å². The zero-order chi connectivity index (χ0) is 24.1. The number of fused-ring (bicyclic) bond motifs is 4. The van der Waals surface area contributed by atoms with E-state index in [4.69, 9.17) is 21.0 Å². The average molecular weight is 484 g/mol. The fraction of sp³-hybridized carbons (Fsp3) is 0. The van der Waals surface area contributed by atoms with Gasteiger partial charge in [-0.25, -0.2) is 4.98 Å². The minimum atomic E-state index is 0.172. The van der Waals surface area contributed by atoms with Crippen molar-refractivity contribution in [3.05, 3.63) is 114 Å². The molecule has 2 heterocycles. The smallest absolute Gasteiger partial charge is 0.226 e. The largest absolute Gasteiger partial charge is 0.456 e. The highest BCUT2D eigenvalue weighted by Crippen LogP contribution is 2.37. The second-order valence-corrected chi connectivity index (χ2v) is 9.01. The highest BCUT2D eigenvalue weighted by Gasteiger charge is 2.13. The van der Waals surface area contributed by atoms with Gasteiger partial charge in [0.05, 0.1) is 0 Å². The highest BCUT2D eigenvalue weighted by molar-refractivity contribution is 6.28. The molecule has 5 heteroatoms. The molecule has 0 N–H and O–H groups in total. The number of rotatable bonds is 3. The molecule has 7 rings (SSSR count). The second-order valence-electron chi connectivity index (χ2n) is 8.67. The Morgan fingerprint density at radius 3 is 2.08 bits per heavy atom. The van der Waals surface area contributed by atoms with Crippen molar-refractivity contribution in [3.63, 3.8) is 0 Å². The van der Waals surface area contributed by atoms with Crippen molar-refractivity contribution >= 4 is 44.3 Å². The van der Waals surface area contributed by atoms with Crippen molar-refractivity contribution in [3.8, 4) is 33.9 Å². The van der Waals surface area contributed by atoms with Crippen molar-refractivity contribution < 1.29 is 4.42 Å². The van der Waals surface area contributed by atoms with Crippen LogP contribution >= 0.6 is 11.6 Å². The van der Waals surface area contributed by atoms with Crippen molar-refractivity contribution in [2.24, 2.45) is 0 Å². The Morgan fingerprint density at radius 1 is 0.528 bits per heavy atom. The predicted molar refractivity (Wildman–Crippen MR) is 146 cm³/mol. The van der Waals surface area contributed by atoms with Crippen LogP contribution < -0.4 is 0 Å². The van der Waals surface area contributed by atoms with Crippen LogP contribution in [-0.2, 0) is 0 Å². The molecule has 0 saturated carbocycles. The lowest BCUT2D eigenvalue weighted by molar-refractivity contribution is 0.669. The van der Waals surface area contributed by atoms with E-state index in [1.807, 2.05) is 66.7 Å². The fourth-order valence-corrected chi connectivity index (χ4v) is 4.92. The third kappa shape index (κ3) is 3.51. The molecule has 0 unspecified atom stereocenters. The van der Waals surface area contributed by atoms with Gasteiger partial charge in [-0.2, -0.15) is 9.97 Å². The van der Waals surface area contributed by atoms with Gasteiger partial charge >= 0.3 is 0 Å². The van der Waals surface area contributed by atoms with Gasteiger partial charge < -0.3 is 4.42 Å². The number of hydrogen-bond donors (Lipinski definition) is 0. The summed E-state index contributed by atoms with van der Waals surface area (Å²) in [6, 6.07) is 36.9. The van der Waals surface area contributed by atoms with E-state index in [9.17, 15) is 0 Å². The zero-order valence-electron chi connectivity index (χ0n) is 19.0. The summed E-state index contributed by atoms with van der Waals surface area (Å²) in [7, 11) is 0. The molecule has 0 aliphatic rings. The van der Waals surface area contributed by atoms with Crippen LogP contribution in [0, 0.1) is 0 Å². The number of nitrogens with zero attached hydrogens (tertiary/aromatic N) is 3. The van der Waals surface area contributed by atoms with Crippen LogP contribution in [0.1, 0.15) is 0 Å². The van der Waals surface area contributed by atoms with Crippen LogP contribution in [0.4, 0.5) is 0 Å². The number of furan rings is 1. The monoisotopic (exact) mass is 483 g/mol. The topological polar surface area (TPSA) is 51.8 Å². The summed E-state index contributed by atoms with van der Waals surface area (Å²) in [6.45, 7) is 0. The molecule has 0 radical (unpaired) electrons. The van der Waals surface area contributed by atoms with Crippen molar-refractivity contribution in [1.29, 1.82) is 0 Å². The molecule has 0 aliphatic heterocycles. The highest BCUT2D eigenvalue weighted by atomic mass is 35.5. The molecule has 0 amide bonds. The normalized spacial score (nSPS) is 11.5. The van der Waals surface area contributed by atoms with Gasteiger partial charge in [0.2, 0.25) is 5.28 Å². The van der Waals surface area contributed by atoms with E-state index in [0.717, 1.165) is 55.0 Å². The molecule has 0 bridgehead atoms. The van der Waals surface area contributed by atoms with Gasteiger partial charge in [0.25, 0.3) is 0 Å². The first-order valence-electron chi connectivity index (χ1n) is 11.6. The van der Waals surface area contributed by atoms with Gasteiger partial charge in [-0.3, -0.25) is 0 Å². The molecule has 0 atom stereocenters. The van der Waals surface area contributed by atoms with E-state index in [-0.39, 0.29) is 5.28 Å². The predicted octanol–water partition coefficient (Wildman–Crippen LogP) is 8.58. The summed E-state index contributed by atoms with van der Waals surface area (Å²) in [4.78, 5) is 13.5. The van der Waals surface area contributed by atoms with Crippen molar-refractivity contribution in [2.75, 3.05) is 0 Å². The third-order valence-electron chi connectivity index (χ3n) is 6.45. The van der Waals surface area contributed by atoms with Gasteiger partial charge in [0.1, 0.15) is 11.2 Å². The van der Waals surface area contributed by atoms with Gasteiger partial charge in [-0.1, -0.05) is 84.9 Å². The molecule has 4 nitrogen and oxygen atoms in total. The SMILES string of the molecule is Clc1nc(-c2ccccc2)nc(-c2ccc3ccc(-c4cccc5oc6ccccc6c45)cc3c2)n1. The van der Waals surface area contributed by atoms with Crippen LogP contribution in [0.2, 0.25) is 5.28 Å². The van der Waals surface area contributed by atoms with E-state index in [1.54, 1.807) is 0 Å². The quantitative estimate of drug-likeness (QED) is 0.252. The van der Waals surface area contributed by atoms with Crippen molar-refractivity contribution in [1.82, 2.24) is 15.0 Å².